The van der Waals surface area contributed by atoms with Crippen molar-refractivity contribution in [1.82, 2.24) is 0 Å². The molecule has 4 aromatic rings. The summed E-state index contributed by atoms with van der Waals surface area (Å²) in [7, 11) is 0. The number of hydrogen-bond acceptors (Lipinski definition) is 5. The summed E-state index contributed by atoms with van der Waals surface area (Å²) >= 11 is 0. The number of carbonyl (C=O) groups is 2. The van der Waals surface area contributed by atoms with Gasteiger partial charge in [0, 0.05) is 24.1 Å². The number of esters is 1. The fourth-order valence-corrected chi connectivity index (χ4v) is 17.3. The Morgan fingerprint density at radius 1 is 0.770 bits per heavy atom. The Morgan fingerprint density at radius 3 is 1.98 bits per heavy atom. The van der Waals surface area contributed by atoms with Crippen molar-refractivity contribution in [3.05, 3.63) is 143 Å². The zero-order chi connectivity index (χ0) is 42.9. The molecule has 8 atom stereocenters. The van der Waals surface area contributed by atoms with Crippen LogP contribution in [0.25, 0.3) is 0 Å². The molecule has 0 radical (unpaired) electrons. The minimum atomic E-state index is -3.24. The average Bonchev–Trinajstić information content (AvgIpc) is 3.63. The Balaban J connectivity index is 1.15. The fraction of sp³-hybridized carbons (Fsp3) is 0.463. The molecule has 0 heterocycles. The standard InChI is InChI=1S/C54H64NO5P/c1-37(2)17-15-18-38(3)47-29-30-48-46-28-27-40-36-42(31-33-53(40,4)49(46)32-34-54(47,48)5)60-52(57)51(50(56)39-19-16-20-41(35-39)55(58)59)61(43-21-9-6-10-22-43,44-23-11-7-12-24-44)45-25-13-8-14-26-45/h6-14,16,19-27,35,37-38,42,46-49H,15,17-18,28-34,36H2,1-5H3/t38-,42-,46+,47-,48+,49+,53-,54-/m0/s1. The van der Waals surface area contributed by atoms with Gasteiger partial charge in [-0.1, -0.05) is 169 Å². The summed E-state index contributed by atoms with van der Waals surface area (Å²) in [6, 6.07) is 35.1. The van der Waals surface area contributed by atoms with Gasteiger partial charge in [0.25, 0.3) is 5.69 Å². The second-order valence-corrected chi connectivity index (χ2v) is 23.1. The Kier molecular flexibility index (Phi) is 12.5. The average molecular weight is 838 g/mol. The minimum Gasteiger partial charge on any atom is -0.458 e. The number of fused-ring (bicyclic) bond motifs is 5. The van der Waals surface area contributed by atoms with Gasteiger partial charge in [-0.15, -0.1) is 0 Å². The number of carbonyl (C=O) groups excluding carboxylic acids is 2. The highest BCUT2D eigenvalue weighted by Crippen LogP contribution is 2.67. The van der Waals surface area contributed by atoms with Crippen molar-refractivity contribution < 1.29 is 19.2 Å². The van der Waals surface area contributed by atoms with E-state index in [-0.39, 0.29) is 22.0 Å². The van der Waals surface area contributed by atoms with E-state index < -0.39 is 29.7 Å². The molecule has 0 aliphatic heterocycles. The molecule has 61 heavy (non-hydrogen) atoms. The van der Waals surface area contributed by atoms with Crippen molar-refractivity contribution >= 4 is 45.5 Å². The maximum Gasteiger partial charge on any atom is 0.343 e. The molecular weight excluding hydrogens is 774 g/mol. The van der Waals surface area contributed by atoms with E-state index >= 15 is 9.59 Å². The summed E-state index contributed by atoms with van der Waals surface area (Å²) in [5.74, 6) is 3.25. The van der Waals surface area contributed by atoms with Crippen molar-refractivity contribution in [2.45, 2.75) is 111 Å². The first kappa shape index (κ1) is 43.1. The lowest BCUT2D eigenvalue weighted by molar-refractivity contribution is -0.384. The smallest absolute Gasteiger partial charge is 0.343 e. The number of nitro groups is 1. The molecule has 8 rings (SSSR count). The van der Waals surface area contributed by atoms with Gasteiger partial charge in [0.2, 0.25) is 5.78 Å². The maximum absolute atomic E-state index is 15.4. The van der Waals surface area contributed by atoms with E-state index in [2.05, 4.69) is 40.7 Å². The monoisotopic (exact) mass is 837 g/mol. The Bertz CT molecular complexity index is 2220. The Labute approximate surface area is 363 Å². The second kappa shape index (κ2) is 17.7. The van der Waals surface area contributed by atoms with Gasteiger partial charge in [-0.3, -0.25) is 14.9 Å². The lowest BCUT2D eigenvalue weighted by atomic mass is 9.47. The molecule has 3 saturated carbocycles. The van der Waals surface area contributed by atoms with Gasteiger partial charge in [-0.2, -0.15) is 0 Å². The summed E-state index contributed by atoms with van der Waals surface area (Å²) in [5.41, 5.74) is 1.78. The molecule has 0 amide bonds. The number of hydrogen-bond donors (Lipinski definition) is 0. The topological polar surface area (TPSA) is 86.5 Å². The van der Waals surface area contributed by atoms with Crippen molar-refractivity contribution in [2.75, 3.05) is 0 Å². The summed E-state index contributed by atoms with van der Waals surface area (Å²) in [4.78, 5) is 42.2. The van der Waals surface area contributed by atoms with Crippen LogP contribution in [0, 0.1) is 56.5 Å². The second-order valence-electron chi connectivity index (χ2n) is 19.7. The van der Waals surface area contributed by atoms with Crippen LogP contribution in [0.3, 0.4) is 0 Å². The first-order valence-electron chi connectivity index (χ1n) is 23.0. The molecular formula is C54H64NO5P. The summed E-state index contributed by atoms with van der Waals surface area (Å²) in [6.07, 6.45) is 14.9. The third-order valence-corrected chi connectivity index (χ3v) is 20.3. The van der Waals surface area contributed by atoms with E-state index in [4.69, 9.17) is 4.74 Å². The molecule has 6 nitrogen and oxygen atoms in total. The third-order valence-electron chi connectivity index (χ3n) is 16.0. The van der Waals surface area contributed by atoms with Crippen molar-refractivity contribution in [2.24, 2.45) is 46.3 Å². The molecule has 3 fully saturated rings. The largest absolute Gasteiger partial charge is 0.458 e. The van der Waals surface area contributed by atoms with E-state index in [1.54, 1.807) is 6.07 Å². The van der Waals surface area contributed by atoms with Crippen LogP contribution in [0.1, 0.15) is 116 Å². The number of nitrogens with zero attached hydrogens (tertiary/aromatic N) is 1. The number of ketones is 1. The van der Waals surface area contributed by atoms with E-state index in [9.17, 15) is 10.1 Å². The molecule has 4 aliphatic rings. The van der Waals surface area contributed by atoms with Gasteiger partial charge in [-0.05, 0) is 114 Å². The molecule has 0 spiro atoms. The maximum atomic E-state index is 15.4. The van der Waals surface area contributed by atoms with Gasteiger partial charge >= 0.3 is 5.97 Å². The van der Waals surface area contributed by atoms with E-state index in [0.717, 1.165) is 58.8 Å². The number of Topliss-reactive ketones (excluding diaryl/α,β-unsaturated/α-hetero) is 1. The van der Waals surface area contributed by atoms with E-state index in [0.29, 0.717) is 23.7 Å². The molecule has 0 unspecified atom stereocenters. The number of rotatable bonds is 13. The van der Waals surface area contributed by atoms with Crippen LogP contribution in [0.4, 0.5) is 5.69 Å². The SMILES string of the molecule is CC(C)CCC[C@H](C)[C@@H]1CC[C@@H]2[C@H]3CC=C4C[C@@H](OC(=O)C(C(=O)c5cccc([N+](=O)[O-])c5)=P(c5ccccc5)(c5ccccc5)c5ccccc5)CC[C@]4(C)[C@@H]3CC[C@]21C. The number of ether oxygens (including phenoxy) is 1. The quantitative estimate of drug-likeness (QED) is 0.0255. The number of benzene rings is 4. The molecule has 4 aromatic carbocycles. The van der Waals surface area contributed by atoms with Gasteiger partial charge in [-0.25, -0.2) is 4.79 Å². The highest BCUT2D eigenvalue weighted by Gasteiger charge is 2.59. The van der Waals surface area contributed by atoms with Crippen LogP contribution in [0.15, 0.2) is 127 Å². The summed E-state index contributed by atoms with van der Waals surface area (Å²) in [5, 5.41) is 14.5. The number of non-ortho nitro benzene ring substituents is 1. The Morgan fingerprint density at radius 2 is 1.39 bits per heavy atom. The molecule has 7 heteroatoms. The number of allylic oxidation sites excluding steroid dienone is 1. The predicted molar refractivity (Wildman–Crippen MR) is 251 cm³/mol. The number of nitro benzene ring substituents is 1. The van der Waals surface area contributed by atoms with Crippen LogP contribution in [-0.2, 0) is 9.53 Å². The highest BCUT2D eigenvalue weighted by atomic mass is 31.2. The normalized spacial score (nSPS) is 27.5. The lowest BCUT2D eigenvalue weighted by Crippen LogP contribution is -2.51. The van der Waals surface area contributed by atoms with Crippen LogP contribution < -0.4 is 15.9 Å². The van der Waals surface area contributed by atoms with Crippen molar-refractivity contribution in [3.63, 3.8) is 0 Å². The van der Waals surface area contributed by atoms with E-state index in [1.165, 1.54) is 68.7 Å². The van der Waals surface area contributed by atoms with Crippen molar-refractivity contribution in [3.8, 4) is 0 Å². The minimum absolute atomic E-state index is 0.0309. The summed E-state index contributed by atoms with van der Waals surface area (Å²) < 4.78 is 6.70. The zero-order valence-electron chi connectivity index (χ0n) is 36.8. The van der Waals surface area contributed by atoms with Crippen LogP contribution >= 0.6 is 6.89 Å². The van der Waals surface area contributed by atoms with Gasteiger partial charge in [0.1, 0.15) is 11.4 Å². The third kappa shape index (κ3) is 7.92. The Hall–Kier alpha value is -4.54. The molecule has 0 N–H and O–H groups in total. The van der Waals surface area contributed by atoms with Gasteiger partial charge in [0.05, 0.1) is 4.92 Å². The van der Waals surface area contributed by atoms with Gasteiger partial charge < -0.3 is 4.74 Å². The molecule has 0 saturated heterocycles. The fourth-order valence-electron chi connectivity index (χ4n) is 13.0. The molecule has 4 aliphatic carbocycles. The predicted octanol–water partition coefficient (Wildman–Crippen LogP) is 11.9. The molecule has 0 bridgehead atoms. The summed E-state index contributed by atoms with van der Waals surface area (Å²) in [6.45, 7) is 9.13. The molecule has 320 valence electrons. The zero-order valence-corrected chi connectivity index (χ0v) is 37.7. The first-order chi connectivity index (χ1) is 29.4. The van der Waals surface area contributed by atoms with Crippen LogP contribution in [0.2, 0.25) is 0 Å². The van der Waals surface area contributed by atoms with E-state index in [1.807, 2.05) is 91.0 Å². The lowest BCUT2D eigenvalue weighted by Gasteiger charge is -2.58. The van der Waals surface area contributed by atoms with Gasteiger partial charge in [0.15, 0.2) is 0 Å². The first-order valence-corrected chi connectivity index (χ1v) is 24.8. The highest BCUT2D eigenvalue weighted by molar-refractivity contribution is 7.97. The van der Waals surface area contributed by atoms with Crippen molar-refractivity contribution in [1.29, 1.82) is 0 Å². The van der Waals surface area contributed by atoms with Crippen LogP contribution in [0.5, 0.6) is 0 Å². The van der Waals surface area contributed by atoms with Crippen LogP contribution in [-0.4, -0.2) is 28.1 Å². The molecule has 0 aromatic heterocycles.